The van der Waals surface area contributed by atoms with Crippen LogP contribution in [-0.4, -0.2) is 39.5 Å². The zero-order valence-corrected chi connectivity index (χ0v) is 34.9. The van der Waals surface area contributed by atoms with Gasteiger partial charge in [-0.1, -0.05) is 140 Å². The molecule has 0 saturated carbocycles. The minimum absolute atomic E-state index is 0.558. The van der Waals surface area contributed by atoms with E-state index in [0.29, 0.717) is 11.6 Å². The lowest BCUT2D eigenvalue weighted by atomic mass is 10.0. The standard InChI is InChI=1S/C57H36N8/c1-6-18-37(19-7-1)47-35-48(38-20-8-2-9-21-38)61-55(60-47)41-32-42(56-62-49(39-22-10-3-11-23-39)36-50(63-56)40-24-12-4-13-25-40)34-43(33-41)57-64-53-45-28-16-30-58-51(45)52-46(29-17-31-59-52)54(53)65(57)44-26-14-5-15-27-44/h1-36H. The van der Waals surface area contributed by atoms with Crippen molar-refractivity contribution >= 4 is 32.8 Å². The third-order valence-electron chi connectivity index (χ3n) is 11.7. The molecule has 0 saturated heterocycles. The molecule has 0 aliphatic carbocycles. The highest BCUT2D eigenvalue weighted by Crippen LogP contribution is 2.40. The van der Waals surface area contributed by atoms with Crippen molar-refractivity contribution in [3.05, 3.63) is 219 Å². The predicted octanol–water partition coefficient (Wildman–Crippen LogP) is 13.4. The Morgan fingerprint density at radius 2 is 0.677 bits per heavy atom. The summed E-state index contributed by atoms with van der Waals surface area (Å²) in [5.74, 6) is 1.84. The van der Waals surface area contributed by atoms with Crippen LogP contribution in [0.1, 0.15) is 0 Å². The average Bonchev–Trinajstić information content (AvgIpc) is 3.81. The average molecular weight is 833 g/mol. The summed E-state index contributed by atoms with van der Waals surface area (Å²) in [5, 5.41) is 1.87. The molecule has 0 atom stereocenters. The van der Waals surface area contributed by atoms with Crippen LogP contribution in [0, 0.1) is 0 Å². The Hall–Kier alpha value is -9.01. The second-order valence-electron chi connectivity index (χ2n) is 15.8. The lowest BCUT2D eigenvalue weighted by Crippen LogP contribution is -2.01. The lowest BCUT2D eigenvalue weighted by molar-refractivity contribution is 1.10. The predicted molar refractivity (Wildman–Crippen MR) is 261 cm³/mol. The molecule has 0 spiro atoms. The molecule has 12 aromatic rings. The first kappa shape index (κ1) is 37.7. The third kappa shape index (κ3) is 6.96. The summed E-state index contributed by atoms with van der Waals surface area (Å²) in [6.45, 7) is 0. The summed E-state index contributed by atoms with van der Waals surface area (Å²) in [6.07, 6.45) is 3.64. The van der Waals surface area contributed by atoms with Crippen molar-refractivity contribution in [1.29, 1.82) is 0 Å². The van der Waals surface area contributed by atoms with Crippen LogP contribution in [0.3, 0.4) is 0 Å². The molecule has 304 valence electrons. The topological polar surface area (TPSA) is 95.2 Å². The molecule has 0 N–H and O–H groups in total. The van der Waals surface area contributed by atoms with Gasteiger partial charge in [0.25, 0.3) is 0 Å². The number of aromatic nitrogens is 8. The van der Waals surface area contributed by atoms with Gasteiger partial charge in [-0.15, -0.1) is 0 Å². The first-order valence-corrected chi connectivity index (χ1v) is 21.5. The Balaban J connectivity index is 1.19. The van der Waals surface area contributed by atoms with E-state index in [0.717, 1.165) is 106 Å². The van der Waals surface area contributed by atoms with Crippen LogP contribution in [0.5, 0.6) is 0 Å². The van der Waals surface area contributed by atoms with Gasteiger partial charge in [0.2, 0.25) is 0 Å². The Kier molecular flexibility index (Phi) is 9.31. The van der Waals surface area contributed by atoms with Crippen LogP contribution in [0.25, 0.3) is 118 Å². The molecule has 5 aromatic heterocycles. The SMILES string of the molecule is c1ccc(-c2cc(-c3ccccc3)nc(-c3cc(-c4nc(-c5ccccc5)cc(-c5ccccc5)n4)cc(-c4nc5c6cccnc6c6ncccc6c5n4-c4ccccc4)c3)n2)cc1. The number of benzene rings is 7. The summed E-state index contributed by atoms with van der Waals surface area (Å²) >= 11 is 0. The number of pyridine rings is 2. The molecule has 65 heavy (non-hydrogen) atoms. The molecule has 0 fully saturated rings. The fourth-order valence-electron chi connectivity index (χ4n) is 8.64. The van der Waals surface area contributed by atoms with E-state index in [9.17, 15) is 0 Å². The summed E-state index contributed by atoms with van der Waals surface area (Å²) in [7, 11) is 0. The second-order valence-corrected chi connectivity index (χ2v) is 15.8. The van der Waals surface area contributed by atoms with Crippen LogP contribution in [-0.2, 0) is 0 Å². The molecule has 8 heteroatoms. The van der Waals surface area contributed by atoms with Crippen molar-refractivity contribution in [1.82, 2.24) is 39.5 Å². The van der Waals surface area contributed by atoms with Gasteiger partial charge in [-0.05, 0) is 66.7 Å². The van der Waals surface area contributed by atoms with E-state index in [-0.39, 0.29) is 0 Å². The van der Waals surface area contributed by atoms with E-state index in [1.807, 2.05) is 103 Å². The molecule has 0 amide bonds. The maximum Gasteiger partial charge on any atom is 0.160 e. The first-order chi connectivity index (χ1) is 32.2. The molecule has 12 rings (SSSR count). The molecule has 0 aliphatic heterocycles. The zero-order valence-electron chi connectivity index (χ0n) is 34.9. The summed E-state index contributed by atoms with van der Waals surface area (Å²) in [6, 6.07) is 70.0. The number of imidazole rings is 1. The van der Waals surface area contributed by atoms with Gasteiger partial charge in [-0.25, -0.2) is 24.9 Å². The largest absolute Gasteiger partial charge is 0.292 e. The number of hydrogen-bond acceptors (Lipinski definition) is 7. The van der Waals surface area contributed by atoms with Gasteiger partial charge in [-0.3, -0.25) is 14.5 Å². The Labute approximate surface area is 374 Å². The maximum absolute atomic E-state index is 5.58. The lowest BCUT2D eigenvalue weighted by Gasteiger charge is -2.15. The molecule has 0 radical (unpaired) electrons. The first-order valence-electron chi connectivity index (χ1n) is 21.5. The summed E-state index contributed by atoms with van der Waals surface area (Å²) in [5.41, 5.74) is 13.9. The highest BCUT2D eigenvalue weighted by Gasteiger charge is 2.23. The number of nitrogens with zero attached hydrogens (tertiary/aromatic N) is 8. The highest BCUT2D eigenvalue weighted by molar-refractivity contribution is 6.21. The van der Waals surface area contributed by atoms with Gasteiger partial charge in [0.15, 0.2) is 11.6 Å². The number of fused-ring (bicyclic) bond motifs is 6. The van der Waals surface area contributed by atoms with Gasteiger partial charge in [-0.2, -0.15) is 0 Å². The van der Waals surface area contributed by atoms with Crippen LogP contribution in [0.2, 0.25) is 0 Å². The van der Waals surface area contributed by atoms with Gasteiger partial charge < -0.3 is 0 Å². The monoisotopic (exact) mass is 832 g/mol. The van der Waals surface area contributed by atoms with E-state index >= 15 is 0 Å². The molecular formula is C57H36N8. The van der Waals surface area contributed by atoms with Crippen LogP contribution < -0.4 is 0 Å². The Bertz CT molecular complexity index is 3430. The Morgan fingerprint density at radius 1 is 0.292 bits per heavy atom. The fourth-order valence-corrected chi connectivity index (χ4v) is 8.64. The summed E-state index contributed by atoms with van der Waals surface area (Å²) < 4.78 is 2.24. The minimum Gasteiger partial charge on any atom is -0.292 e. The number of para-hydroxylation sites is 1. The van der Waals surface area contributed by atoms with Crippen LogP contribution in [0.15, 0.2) is 219 Å². The van der Waals surface area contributed by atoms with E-state index in [1.54, 1.807) is 0 Å². The van der Waals surface area contributed by atoms with E-state index in [2.05, 4.69) is 120 Å². The van der Waals surface area contributed by atoms with E-state index in [1.165, 1.54) is 0 Å². The fraction of sp³-hybridized carbons (Fsp3) is 0. The molecule has 0 unspecified atom stereocenters. The molecule has 7 aromatic carbocycles. The molecular weight excluding hydrogens is 797 g/mol. The molecule has 0 bridgehead atoms. The van der Waals surface area contributed by atoms with Crippen molar-refractivity contribution in [3.63, 3.8) is 0 Å². The number of hydrogen-bond donors (Lipinski definition) is 0. The van der Waals surface area contributed by atoms with Crippen molar-refractivity contribution in [2.24, 2.45) is 0 Å². The normalized spacial score (nSPS) is 11.4. The maximum atomic E-state index is 5.58. The quantitative estimate of drug-likeness (QED) is 0.141. The molecule has 5 heterocycles. The van der Waals surface area contributed by atoms with Gasteiger partial charge >= 0.3 is 0 Å². The van der Waals surface area contributed by atoms with Gasteiger partial charge in [0.1, 0.15) is 5.82 Å². The van der Waals surface area contributed by atoms with Gasteiger partial charge in [0, 0.05) is 67.8 Å². The third-order valence-corrected chi connectivity index (χ3v) is 11.7. The van der Waals surface area contributed by atoms with Crippen molar-refractivity contribution in [3.8, 4) is 84.9 Å². The minimum atomic E-state index is 0.558. The summed E-state index contributed by atoms with van der Waals surface area (Å²) in [4.78, 5) is 36.5. The zero-order chi connectivity index (χ0) is 43.1. The van der Waals surface area contributed by atoms with Gasteiger partial charge in [0.05, 0.1) is 44.8 Å². The van der Waals surface area contributed by atoms with Crippen molar-refractivity contribution < 1.29 is 0 Å². The Morgan fingerprint density at radius 3 is 1.12 bits per heavy atom. The van der Waals surface area contributed by atoms with Crippen LogP contribution >= 0.6 is 0 Å². The van der Waals surface area contributed by atoms with Crippen LogP contribution in [0.4, 0.5) is 0 Å². The van der Waals surface area contributed by atoms with Crippen molar-refractivity contribution in [2.45, 2.75) is 0 Å². The highest BCUT2D eigenvalue weighted by atomic mass is 15.1. The van der Waals surface area contributed by atoms with Crippen molar-refractivity contribution in [2.75, 3.05) is 0 Å². The molecule has 0 aliphatic rings. The van der Waals surface area contributed by atoms with E-state index < -0.39 is 0 Å². The smallest absolute Gasteiger partial charge is 0.160 e. The second kappa shape index (κ2) is 16.0. The molecule has 8 nitrogen and oxygen atoms in total. The number of rotatable bonds is 8. The van der Waals surface area contributed by atoms with E-state index in [4.69, 9.17) is 34.9 Å².